The molecular formula is C18H39N5. The van der Waals surface area contributed by atoms with E-state index in [2.05, 4.69) is 52.8 Å². The molecule has 1 aliphatic rings. The van der Waals surface area contributed by atoms with Crippen molar-refractivity contribution in [1.29, 1.82) is 0 Å². The maximum atomic E-state index is 4.48. The molecule has 0 aromatic heterocycles. The predicted octanol–water partition coefficient (Wildman–Crippen LogP) is 1.96. The summed E-state index contributed by atoms with van der Waals surface area (Å²) in [6.07, 6.45) is 3.83. The lowest BCUT2D eigenvalue weighted by Crippen LogP contribution is -2.43. The SMILES string of the molecule is CCCCN(C)CCNC(=NC)N1CCC(CN(CC)CC)C1. The van der Waals surface area contributed by atoms with Gasteiger partial charge in [-0.15, -0.1) is 0 Å². The number of aliphatic imine (C=N–C) groups is 1. The third kappa shape index (κ3) is 7.53. The van der Waals surface area contributed by atoms with Gasteiger partial charge < -0.3 is 20.0 Å². The number of likely N-dealkylation sites (tertiary alicyclic amines) is 1. The van der Waals surface area contributed by atoms with Gasteiger partial charge in [-0.3, -0.25) is 4.99 Å². The third-order valence-corrected chi connectivity index (χ3v) is 4.88. The van der Waals surface area contributed by atoms with E-state index < -0.39 is 0 Å². The van der Waals surface area contributed by atoms with Gasteiger partial charge in [0.2, 0.25) is 0 Å². The van der Waals surface area contributed by atoms with Gasteiger partial charge >= 0.3 is 0 Å². The molecule has 1 fully saturated rings. The van der Waals surface area contributed by atoms with E-state index in [0.29, 0.717) is 0 Å². The third-order valence-electron chi connectivity index (χ3n) is 4.88. The summed E-state index contributed by atoms with van der Waals surface area (Å²) in [6, 6.07) is 0. The minimum Gasteiger partial charge on any atom is -0.355 e. The van der Waals surface area contributed by atoms with Crippen LogP contribution >= 0.6 is 0 Å². The van der Waals surface area contributed by atoms with Crippen LogP contribution in [0.1, 0.15) is 40.0 Å². The molecule has 0 spiro atoms. The Morgan fingerprint density at radius 2 is 1.96 bits per heavy atom. The van der Waals surface area contributed by atoms with Crippen molar-refractivity contribution in [3.8, 4) is 0 Å². The van der Waals surface area contributed by atoms with Crippen LogP contribution in [0.4, 0.5) is 0 Å². The van der Waals surface area contributed by atoms with Crippen LogP contribution in [0.15, 0.2) is 4.99 Å². The molecule has 1 aliphatic heterocycles. The van der Waals surface area contributed by atoms with E-state index in [4.69, 9.17) is 0 Å². The molecule has 0 aromatic carbocycles. The normalized spacial score (nSPS) is 19.2. The van der Waals surface area contributed by atoms with Crippen LogP contribution in [0.2, 0.25) is 0 Å². The zero-order valence-corrected chi connectivity index (χ0v) is 16.1. The molecule has 0 radical (unpaired) electrons. The highest BCUT2D eigenvalue weighted by Crippen LogP contribution is 2.17. The number of hydrogen-bond acceptors (Lipinski definition) is 3. The fourth-order valence-corrected chi connectivity index (χ4v) is 3.25. The van der Waals surface area contributed by atoms with Crippen molar-refractivity contribution < 1.29 is 0 Å². The molecule has 23 heavy (non-hydrogen) atoms. The maximum absolute atomic E-state index is 4.48. The number of likely N-dealkylation sites (N-methyl/N-ethyl adjacent to an activating group) is 1. The van der Waals surface area contributed by atoms with Crippen LogP contribution in [-0.2, 0) is 0 Å². The number of hydrogen-bond donors (Lipinski definition) is 1. The first-order valence-electron chi connectivity index (χ1n) is 9.50. The molecule has 5 heteroatoms. The summed E-state index contributed by atoms with van der Waals surface area (Å²) in [7, 11) is 4.11. The summed E-state index contributed by atoms with van der Waals surface area (Å²) in [6.45, 7) is 15.8. The lowest BCUT2D eigenvalue weighted by atomic mass is 10.1. The summed E-state index contributed by atoms with van der Waals surface area (Å²) >= 11 is 0. The number of rotatable bonds is 10. The van der Waals surface area contributed by atoms with Crippen LogP contribution in [0, 0.1) is 5.92 Å². The highest BCUT2D eigenvalue weighted by molar-refractivity contribution is 5.80. The van der Waals surface area contributed by atoms with E-state index in [9.17, 15) is 0 Å². The molecule has 0 amide bonds. The quantitative estimate of drug-likeness (QED) is 0.492. The number of guanidine groups is 1. The van der Waals surface area contributed by atoms with Gasteiger partial charge in [-0.2, -0.15) is 0 Å². The van der Waals surface area contributed by atoms with E-state index in [1.807, 2.05) is 7.05 Å². The van der Waals surface area contributed by atoms with Crippen molar-refractivity contribution >= 4 is 5.96 Å². The number of nitrogens with one attached hydrogen (secondary N) is 1. The Balaban J connectivity index is 2.30. The summed E-state index contributed by atoms with van der Waals surface area (Å²) in [5.41, 5.74) is 0. The first-order valence-corrected chi connectivity index (χ1v) is 9.50. The van der Waals surface area contributed by atoms with Crippen LogP contribution in [0.3, 0.4) is 0 Å². The minimum atomic E-state index is 0.778. The lowest BCUT2D eigenvalue weighted by molar-refractivity contribution is 0.255. The molecule has 0 saturated carbocycles. The van der Waals surface area contributed by atoms with Gasteiger partial charge in [-0.1, -0.05) is 27.2 Å². The Labute approximate surface area is 144 Å². The molecule has 1 N–H and O–H groups in total. The van der Waals surface area contributed by atoms with Gasteiger partial charge in [-0.25, -0.2) is 0 Å². The molecule has 136 valence electrons. The van der Waals surface area contributed by atoms with Gasteiger partial charge in [0.1, 0.15) is 0 Å². The Kier molecular flexibility index (Phi) is 10.3. The predicted molar refractivity (Wildman–Crippen MR) is 101 cm³/mol. The molecule has 0 aromatic rings. The molecule has 1 unspecified atom stereocenters. The lowest BCUT2D eigenvalue weighted by Gasteiger charge is -2.25. The highest BCUT2D eigenvalue weighted by Gasteiger charge is 2.25. The zero-order valence-electron chi connectivity index (χ0n) is 16.1. The Morgan fingerprint density at radius 3 is 2.57 bits per heavy atom. The van der Waals surface area contributed by atoms with Crippen molar-refractivity contribution in [3.63, 3.8) is 0 Å². The molecule has 1 rings (SSSR count). The van der Waals surface area contributed by atoms with Crippen molar-refractivity contribution in [2.24, 2.45) is 10.9 Å². The van der Waals surface area contributed by atoms with Crippen molar-refractivity contribution in [2.45, 2.75) is 40.0 Å². The van der Waals surface area contributed by atoms with E-state index >= 15 is 0 Å². The topological polar surface area (TPSA) is 34.1 Å². The van der Waals surface area contributed by atoms with Crippen molar-refractivity contribution in [2.75, 3.05) is 66.5 Å². The Morgan fingerprint density at radius 1 is 1.22 bits per heavy atom. The van der Waals surface area contributed by atoms with Crippen LogP contribution < -0.4 is 5.32 Å². The molecule has 0 aliphatic carbocycles. The van der Waals surface area contributed by atoms with E-state index in [-0.39, 0.29) is 0 Å². The van der Waals surface area contributed by atoms with E-state index in [1.165, 1.54) is 32.4 Å². The second-order valence-corrected chi connectivity index (χ2v) is 6.72. The van der Waals surface area contributed by atoms with Gasteiger partial charge in [-0.05, 0) is 45.4 Å². The largest absolute Gasteiger partial charge is 0.355 e. The first kappa shape index (κ1) is 20.2. The van der Waals surface area contributed by atoms with Crippen LogP contribution in [0.25, 0.3) is 0 Å². The second-order valence-electron chi connectivity index (χ2n) is 6.72. The van der Waals surface area contributed by atoms with Crippen LogP contribution in [0.5, 0.6) is 0 Å². The summed E-state index contributed by atoms with van der Waals surface area (Å²) in [5, 5.41) is 3.54. The number of nitrogens with zero attached hydrogens (tertiary/aromatic N) is 4. The smallest absolute Gasteiger partial charge is 0.193 e. The Bertz CT molecular complexity index is 327. The van der Waals surface area contributed by atoms with Gasteiger partial charge in [0.05, 0.1) is 0 Å². The first-order chi connectivity index (χ1) is 11.1. The van der Waals surface area contributed by atoms with Crippen molar-refractivity contribution in [3.05, 3.63) is 0 Å². The highest BCUT2D eigenvalue weighted by atomic mass is 15.3. The van der Waals surface area contributed by atoms with Crippen LogP contribution in [-0.4, -0.2) is 87.1 Å². The molecule has 5 nitrogen and oxygen atoms in total. The standard InChI is InChI=1S/C18H39N5/c1-6-9-12-21(5)14-11-20-18(19-4)23-13-10-17(16-23)15-22(7-2)8-3/h17H,6-16H2,1-5H3,(H,19,20). The fourth-order valence-electron chi connectivity index (χ4n) is 3.25. The summed E-state index contributed by atoms with van der Waals surface area (Å²) < 4.78 is 0. The second kappa shape index (κ2) is 11.7. The number of unbranched alkanes of at least 4 members (excludes halogenated alkanes) is 1. The Hall–Kier alpha value is -0.810. The van der Waals surface area contributed by atoms with Gasteiger partial charge in [0.25, 0.3) is 0 Å². The minimum absolute atomic E-state index is 0.778. The summed E-state index contributed by atoms with van der Waals surface area (Å²) in [5.74, 6) is 1.86. The maximum Gasteiger partial charge on any atom is 0.193 e. The summed E-state index contributed by atoms with van der Waals surface area (Å²) in [4.78, 5) is 11.8. The zero-order chi connectivity index (χ0) is 17.1. The molecular weight excluding hydrogens is 286 g/mol. The van der Waals surface area contributed by atoms with Gasteiger partial charge in [0, 0.05) is 39.8 Å². The van der Waals surface area contributed by atoms with Crippen molar-refractivity contribution in [1.82, 2.24) is 20.0 Å². The molecule has 0 bridgehead atoms. The average molecular weight is 326 g/mol. The monoisotopic (exact) mass is 325 g/mol. The molecule has 1 atom stereocenters. The van der Waals surface area contributed by atoms with E-state index in [0.717, 1.165) is 51.1 Å². The van der Waals surface area contributed by atoms with Gasteiger partial charge in [0.15, 0.2) is 5.96 Å². The molecule has 1 heterocycles. The molecule has 1 saturated heterocycles. The fraction of sp³-hybridized carbons (Fsp3) is 0.944. The average Bonchev–Trinajstić information content (AvgIpc) is 3.03. The van der Waals surface area contributed by atoms with E-state index in [1.54, 1.807) is 0 Å².